The first-order chi connectivity index (χ1) is 8.74. The third-order valence-corrected chi connectivity index (χ3v) is 4.52. The first kappa shape index (κ1) is 11.5. The Morgan fingerprint density at radius 1 is 1.50 bits per heavy atom. The van der Waals surface area contributed by atoms with E-state index in [-0.39, 0.29) is 11.9 Å². The van der Waals surface area contributed by atoms with Crippen LogP contribution in [-0.2, 0) is 12.8 Å². The van der Waals surface area contributed by atoms with Crippen LogP contribution in [-0.4, -0.2) is 5.91 Å². The van der Waals surface area contributed by atoms with Gasteiger partial charge in [0.05, 0.1) is 17.2 Å². The van der Waals surface area contributed by atoms with Gasteiger partial charge in [-0.05, 0) is 49.9 Å². The summed E-state index contributed by atoms with van der Waals surface area (Å²) < 4.78 is 5.28. The molecule has 1 N–H and O–H groups in total. The average Bonchev–Trinajstić information content (AvgIpc) is 3.05. The Labute approximate surface area is 110 Å². The summed E-state index contributed by atoms with van der Waals surface area (Å²) >= 11 is 1.63. The van der Waals surface area contributed by atoms with Gasteiger partial charge in [-0.25, -0.2) is 0 Å². The zero-order chi connectivity index (χ0) is 12.5. The Hall–Kier alpha value is -1.55. The molecule has 0 unspecified atom stereocenters. The molecule has 3 nitrogen and oxygen atoms in total. The third-order valence-electron chi connectivity index (χ3n) is 3.29. The molecule has 0 aliphatic heterocycles. The number of hydrogen-bond donors (Lipinski definition) is 1. The maximum atomic E-state index is 12.1. The van der Waals surface area contributed by atoms with Crippen molar-refractivity contribution in [1.29, 1.82) is 0 Å². The van der Waals surface area contributed by atoms with Crippen molar-refractivity contribution in [3.8, 4) is 0 Å². The average molecular weight is 261 g/mol. The van der Waals surface area contributed by atoms with E-state index < -0.39 is 0 Å². The van der Waals surface area contributed by atoms with Crippen molar-refractivity contribution in [2.24, 2.45) is 0 Å². The van der Waals surface area contributed by atoms with Crippen molar-refractivity contribution in [2.75, 3.05) is 0 Å². The number of nitrogens with one attached hydrogen (secondary N) is 1. The molecule has 2 heterocycles. The van der Waals surface area contributed by atoms with Crippen LogP contribution in [0.25, 0.3) is 0 Å². The molecule has 0 radical (unpaired) electrons. The lowest BCUT2D eigenvalue weighted by Crippen LogP contribution is -2.25. The van der Waals surface area contributed by atoms with Crippen molar-refractivity contribution in [3.05, 3.63) is 45.5 Å². The number of furan rings is 1. The van der Waals surface area contributed by atoms with Crippen LogP contribution in [0.5, 0.6) is 0 Å². The normalized spacial score (nSPS) is 15.4. The highest BCUT2D eigenvalue weighted by Gasteiger charge is 2.20. The lowest BCUT2D eigenvalue weighted by Gasteiger charge is -2.10. The maximum Gasteiger partial charge on any atom is 0.261 e. The van der Waals surface area contributed by atoms with Crippen molar-refractivity contribution in [2.45, 2.75) is 32.2 Å². The zero-order valence-corrected chi connectivity index (χ0v) is 11.0. The summed E-state index contributed by atoms with van der Waals surface area (Å²) in [4.78, 5) is 14.3. The van der Waals surface area contributed by atoms with Crippen LogP contribution in [0.1, 0.15) is 45.3 Å². The van der Waals surface area contributed by atoms with Crippen molar-refractivity contribution in [3.63, 3.8) is 0 Å². The minimum Gasteiger partial charge on any atom is -0.467 e. The summed E-state index contributed by atoms with van der Waals surface area (Å²) in [6.45, 7) is 1.93. The number of hydrogen-bond acceptors (Lipinski definition) is 3. The first-order valence-corrected chi connectivity index (χ1v) is 7.01. The standard InChI is InChI=1S/C14H15NO2S/c1-9(11-5-3-7-17-11)15-14(16)13-8-10-4-2-6-12(10)18-13/h3,5,7-9H,2,4,6H2,1H3,(H,15,16)/t9-/m1/s1. The molecule has 2 aromatic heterocycles. The Morgan fingerprint density at radius 2 is 2.39 bits per heavy atom. The number of rotatable bonds is 3. The Balaban J connectivity index is 1.71. The predicted molar refractivity (Wildman–Crippen MR) is 70.9 cm³/mol. The fraction of sp³-hybridized carbons (Fsp3) is 0.357. The summed E-state index contributed by atoms with van der Waals surface area (Å²) in [5.74, 6) is 0.783. The Kier molecular flexibility index (Phi) is 2.96. The molecule has 0 fully saturated rings. The molecule has 4 heteroatoms. The van der Waals surface area contributed by atoms with Crippen LogP contribution in [0.2, 0.25) is 0 Å². The van der Waals surface area contributed by atoms with Crippen LogP contribution in [0.3, 0.4) is 0 Å². The highest BCUT2D eigenvalue weighted by Crippen LogP contribution is 2.30. The fourth-order valence-corrected chi connectivity index (χ4v) is 3.47. The molecular formula is C14H15NO2S. The topological polar surface area (TPSA) is 42.2 Å². The number of fused-ring (bicyclic) bond motifs is 1. The monoisotopic (exact) mass is 261 g/mol. The molecule has 1 aliphatic carbocycles. The number of carbonyl (C=O) groups excluding carboxylic acids is 1. The molecule has 1 aliphatic rings. The van der Waals surface area contributed by atoms with E-state index in [0.29, 0.717) is 0 Å². The van der Waals surface area contributed by atoms with E-state index in [9.17, 15) is 4.79 Å². The molecule has 0 saturated heterocycles. The Bertz CT molecular complexity index is 535. The lowest BCUT2D eigenvalue weighted by atomic mass is 10.2. The summed E-state index contributed by atoms with van der Waals surface area (Å²) in [5.41, 5.74) is 1.36. The molecule has 94 valence electrons. The molecule has 0 aromatic carbocycles. The number of aryl methyl sites for hydroxylation is 2. The maximum absolute atomic E-state index is 12.1. The van der Waals surface area contributed by atoms with Gasteiger partial charge in [0, 0.05) is 4.88 Å². The van der Waals surface area contributed by atoms with Gasteiger partial charge >= 0.3 is 0 Å². The van der Waals surface area contributed by atoms with Gasteiger partial charge in [0.15, 0.2) is 0 Å². The predicted octanol–water partition coefficient (Wildman–Crippen LogP) is 3.32. The summed E-state index contributed by atoms with van der Waals surface area (Å²) in [6, 6.07) is 5.65. The second-order valence-electron chi connectivity index (χ2n) is 4.62. The van der Waals surface area contributed by atoms with Gasteiger partial charge in [-0.2, -0.15) is 0 Å². The lowest BCUT2D eigenvalue weighted by molar-refractivity contribution is 0.0939. The van der Waals surface area contributed by atoms with E-state index in [2.05, 4.69) is 5.32 Å². The van der Waals surface area contributed by atoms with Crippen LogP contribution >= 0.6 is 11.3 Å². The molecule has 18 heavy (non-hydrogen) atoms. The van der Waals surface area contributed by atoms with Gasteiger partial charge in [0.25, 0.3) is 5.91 Å². The van der Waals surface area contributed by atoms with Gasteiger partial charge in [-0.15, -0.1) is 11.3 Å². The van der Waals surface area contributed by atoms with Crippen molar-refractivity contribution >= 4 is 17.2 Å². The second kappa shape index (κ2) is 4.61. The molecule has 0 spiro atoms. The van der Waals surface area contributed by atoms with Crippen LogP contribution < -0.4 is 5.32 Å². The van der Waals surface area contributed by atoms with E-state index in [4.69, 9.17) is 4.42 Å². The zero-order valence-electron chi connectivity index (χ0n) is 10.2. The fourth-order valence-electron chi connectivity index (χ4n) is 2.32. The first-order valence-electron chi connectivity index (χ1n) is 6.20. The minimum atomic E-state index is -0.0931. The van der Waals surface area contributed by atoms with E-state index >= 15 is 0 Å². The number of carbonyl (C=O) groups is 1. The summed E-state index contributed by atoms with van der Waals surface area (Å²) in [7, 11) is 0. The van der Waals surface area contributed by atoms with Gasteiger partial charge in [-0.1, -0.05) is 0 Å². The van der Waals surface area contributed by atoms with Gasteiger partial charge in [0.2, 0.25) is 0 Å². The van der Waals surface area contributed by atoms with Crippen LogP contribution in [0.15, 0.2) is 28.9 Å². The largest absolute Gasteiger partial charge is 0.467 e. The van der Waals surface area contributed by atoms with Gasteiger partial charge < -0.3 is 9.73 Å². The molecule has 2 aromatic rings. The number of thiophene rings is 1. The third kappa shape index (κ3) is 2.08. The number of amides is 1. The van der Waals surface area contributed by atoms with Crippen LogP contribution in [0, 0.1) is 0 Å². The highest BCUT2D eigenvalue weighted by atomic mass is 32.1. The Morgan fingerprint density at radius 3 is 3.11 bits per heavy atom. The molecule has 0 saturated carbocycles. The minimum absolute atomic E-state index is 0.00157. The van der Waals surface area contributed by atoms with E-state index in [0.717, 1.165) is 23.5 Å². The van der Waals surface area contributed by atoms with Crippen LogP contribution in [0.4, 0.5) is 0 Å². The highest BCUT2D eigenvalue weighted by molar-refractivity contribution is 7.14. The molecule has 1 atom stereocenters. The quantitative estimate of drug-likeness (QED) is 0.921. The molecule has 0 bridgehead atoms. The molecule has 1 amide bonds. The molecule has 3 rings (SSSR count). The van der Waals surface area contributed by atoms with E-state index in [1.165, 1.54) is 16.9 Å². The van der Waals surface area contributed by atoms with Gasteiger partial charge in [0.1, 0.15) is 5.76 Å². The smallest absolute Gasteiger partial charge is 0.261 e. The summed E-state index contributed by atoms with van der Waals surface area (Å²) in [5, 5.41) is 2.97. The molecular weight excluding hydrogens is 246 g/mol. The summed E-state index contributed by atoms with van der Waals surface area (Å²) in [6.07, 6.45) is 5.09. The van der Waals surface area contributed by atoms with E-state index in [1.807, 2.05) is 25.1 Å². The van der Waals surface area contributed by atoms with Gasteiger partial charge in [-0.3, -0.25) is 4.79 Å². The second-order valence-corrected chi connectivity index (χ2v) is 5.76. The van der Waals surface area contributed by atoms with E-state index in [1.54, 1.807) is 17.6 Å². The SMILES string of the molecule is C[C@@H](NC(=O)c1cc2c(s1)CCC2)c1ccco1. The van der Waals surface area contributed by atoms with Crippen molar-refractivity contribution < 1.29 is 9.21 Å². The van der Waals surface area contributed by atoms with Crippen molar-refractivity contribution in [1.82, 2.24) is 5.32 Å².